The normalized spacial score (nSPS) is 10.5. The van der Waals surface area contributed by atoms with Gasteiger partial charge in [0.05, 0.1) is 5.69 Å². The van der Waals surface area contributed by atoms with Crippen molar-refractivity contribution in [2.45, 2.75) is 26.7 Å². The van der Waals surface area contributed by atoms with Crippen molar-refractivity contribution < 1.29 is 4.79 Å². The van der Waals surface area contributed by atoms with Crippen LogP contribution in [0.4, 0.5) is 0 Å². The highest BCUT2D eigenvalue weighted by atomic mass is 16.1. The van der Waals surface area contributed by atoms with Gasteiger partial charge in [-0.25, -0.2) is 0 Å². The first-order valence-electron chi connectivity index (χ1n) is 3.80. The molecule has 0 radical (unpaired) electrons. The lowest BCUT2D eigenvalue weighted by molar-refractivity contribution is 0.111. The Balaban J connectivity index is 3.04. The summed E-state index contributed by atoms with van der Waals surface area (Å²) in [5.41, 5.74) is 2.86. The first-order chi connectivity index (χ1) is 5.15. The quantitative estimate of drug-likeness (QED) is 0.646. The van der Waals surface area contributed by atoms with Gasteiger partial charge in [-0.05, 0) is 24.5 Å². The Kier molecular flexibility index (Phi) is 2.13. The van der Waals surface area contributed by atoms with Crippen LogP contribution in [-0.2, 0) is 0 Å². The Bertz CT molecular complexity index is 261. The fraction of sp³-hybridized carbons (Fsp3) is 0.444. The molecule has 0 aliphatic heterocycles. The number of aromatic nitrogens is 1. The molecule has 0 amide bonds. The van der Waals surface area contributed by atoms with Gasteiger partial charge in [-0.2, -0.15) is 0 Å². The average Bonchev–Trinajstić information content (AvgIpc) is 2.31. The Labute approximate surface area is 66.6 Å². The molecule has 1 N–H and O–H groups in total. The lowest BCUT2D eigenvalue weighted by atomic mass is 10.1. The zero-order chi connectivity index (χ0) is 8.43. The standard InChI is InChI=1S/C9H13NO/c1-6(2)8-4-7(3)9(5-11)10-8/h4-6,10H,1-3H3. The monoisotopic (exact) mass is 151 g/mol. The largest absolute Gasteiger partial charge is 0.356 e. The van der Waals surface area contributed by atoms with Crippen LogP contribution in [0.15, 0.2) is 6.07 Å². The Hall–Kier alpha value is -1.05. The Morgan fingerprint density at radius 3 is 2.45 bits per heavy atom. The molecule has 0 aliphatic carbocycles. The number of hydrogen-bond acceptors (Lipinski definition) is 1. The molecule has 0 spiro atoms. The number of carbonyl (C=O) groups excluding carboxylic acids is 1. The molecular formula is C9H13NO. The van der Waals surface area contributed by atoms with Gasteiger partial charge < -0.3 is 4.98 Å². The second-order valence-electron chi connectivity index (χ2n) is 3.09. The smallest absolute Gasteiger partial charge is 0.166 e. The highest BCUT2D eigenvalue weighted by Gasteiger charge is 2.05. The second-order valence-corrected chi connectivity index (χ2v) is 3.09. The summed E-state index contributed by atoms with van der Waals surface area (Å²) < 4.78 is 0. The van der Waals surface area contributed by atoms with Crippen LogP contribution in [0, 0.1) is 6.92 Å². The molecule has 60 valence electrons. The van der Waals surface area contributed by atoms with Crippen LogP contribution in [0.1, 0.15) is 41.5 Å². The van der Waals surface area contributed by atoms with Gasteiger partial charge in [0, 0.05) is 5.69 Å². The first kappa shape index (κ1) is 8.05. The Morgan fingerprint density at radius 1 is 1.55 bits per heavy atom. The molecule has 0 saturated heterocycles. The third kappa shape index (κ3) is 1.50. The van der Waals surface area contributed by atoms with Crippen LogP contribution < -0.4 is 0 Å². The van der Waals surface area contributed by atoms with Crippen LogP contribution >= 0.6 is 0 Å². The van der Waals surface area contributed by atoms with Crippen LogP contribution in [0.3, 0.4) is 0 Å². The molecule has 11 heavy (non-hydrogen) atoms. The van der Waals surface area contributed by atoms with Crippen molar-refractivity contribution in [1.29, 1.82) is 0 Å². The molecular weight excluding hydrogens is 138 g/mol. The number of carbonyl (C=O) groups is 1. The van der Waals surface area contributed by atoms with E-state index in [9.17, 15) is 4.79 Å². The average molecular weight is 151 g/mol. The van der Waals surface area contributed by atoms with Gasteiger partial charge in [0.2, 0.25) is 0 Å². The molecule has 2 nitrogen and oxygen atoms in total. The predicted molar refractivity (Wildman–Crippen MR) is 45.0 cm³/mol. The number of aromatic amines is 1. The van der Waals surface area contributed by atoms with E-state index in [2.05, 4.69) is 18.8 Å². The number of aldehydes is 1. The van der Waals surface area contributed by atoms with Gasteiger partial charge in [0.1, 0.15) is 0 Å². The first-order valence-corrected chi connectivity index (χ1v) is 3.80. The summed E-state index contributed by atoms with van der Waals surface area (Å²) in [7, 11) is 0. The van der Waals surface area contributed by atoms with Crippen LogP contribution in [0.2, 0.25) is 0 Å². The van der Waals surface area contributed by atoms with Gasteiger partial charge in [-0.15, -0.1) is 0 Å². The SMILES string of the molecule is Cc1cc(C(C)C)[nH]c1C=O. The van der Waals surface area contributed by atoms with Gasteiger partial charge in [0.15, 0.2) is 6.29 Å². The van der Waals surface area contributed by atoms with E-state index in [-0.39, 0.29) is 0 Å². The van der Waals surface area contributed by atoms with E-state index < -0.39 is 0 Å². The summed E-state index contributed by atoms with van der Waals surface area (Å²) in [5, 5.41) is 0. The molecule has 0 unspecified atom stereocenters. The predicted octanol–water partition coefficient (Wildman–Crippen LogP) is 2.26. The van der Waals surface area contributed by atoms with Gasteiger partial charge in [-0.3, -0.25) is 4.79 Å². The third-order valence-electron chi connectivity index (χ3n) is 1.82. The fourth-order valence-corrected chi connectivity index (χ4v) is 1.03. The van der Waals surface area contributed by atoms with E-state index in [1.54, 1.807) is 0 Å². The number of hydrogen-bond donors (Lipinski definition) is 1. The highest BCUT2D eigenvalue weighted by molar-refractivity contribution is 5.74. The molecule has 1 aromatic heterocycles. The highest BCUT2D eigenvalue weighted by Crippen LogP contribution is 2.15. The topological polar surface area (TPSA) is 32.9 Å². The van der Waals surface area contributed by atoms with E-state index in [0.29, 0.717) is 11.6 Å². The maximum atomic E-state index is 10.4. The molecule has 0 saturated carbocycles. The second kappa shape index (κ2) is 2.91. The van der Waals surface area contributed by atoms with Gasteiger partial charge >= 0.3 is 0 Å². The van der Waals surface area contributed by atoms with Crippen LogP contribution in [-0.4, -0.2) is 11.3 Å². The molecule has 0 bridgehead atoms. The minimum absolute atomic E-state index is 0.461. The fourth-order valence-electron chi connectivity index (χ4n) is 1.03. The summed E-state index contributed by atoms with van der Waals surface area (Å²) in [5.74, 6) is 0.461. The summed E-state index contributed by atoms with van der Waals surface area (Å²) in [6.45, 7) is 6.13. The van der Waals surface area contributed by atoms with Crippen LogP contribution in [0.25, 0.3) is 0 Å². The minimum atomic E-state index is 0.461. The van der Waals surface area contributed by atoms with E-state index in [4.69, 9.17) is 0 Å². The molecule has 1 aromatic rings. The van der Waals surface area contributed by atoms with E-state index >= 15 is 0 Å². The Morgan fingerprint density at radius 2 is 2.18 bits per heavy atom. The summed E-state index contributed by atoms with van der Waals surface area (Å²) >= 11 is 0. The molecule has 2 heteroatoms. The van der Waals surface area contributed by atoms with E-state index in [0.717, 1.165) is 17.5 Å². The van der Waals surface area contributed by atoms with E-state index in [1.165, 1.54) is 0 Å². The zero-order valence-electron chi connectivity index (χ0n) is 7.14. The molecule has 1 rings (SSSR count). The number of nitrogens with one attached hydrogen (secondary N) is 1. The van der Waals surface area contributed by atoms with E-state index in [1.807, 2.05) is 13.0 Å². The summed E-state index contributed by atoms with van der Waals surface area (Å²) in [6.07, 6.45) is 0.862. The van der Waals surface area contributed by atoms with Gasteiger partial charge in [0.25, 0.3) is 0 Å². The molecule has 1 heterocycles. The van der Waals surface area contributed by atoms with Crippen molar-refractivity contribution in [1.82, 2.24) is 4.98 Å². The summed E-state index contributed by atoms with van der Waals surface area (Å²) in [6, 6.07) is 2.02. The number of rotatable bonds is 2. The summed E-state index contributed by atoms with van der Waals surface area (Å²) in [4.78, 5) is 13.5. The van der Waals surface area contributed by atoms with Crippen molar-refractivity contribution in [2.75, 3.05) is 0 Å². The number of H-pyrrole nitrogens is 1. The number of aryl methyl sites for hydroxylation is 1. The molecule has 0 aliphatic rings. The van der Waals surface area contributed by atoms with Crippen molar-refractivity contribution in [3.8, 4) is 0 Å². The van der Waals surface area contributed by atoms with Gasteiger partial charge in [-0.1, -0.05) is 13.8 Å². The van der Waals surface area contributed by atoms with Crippen molar-refractivity contribution in [3.63, 3.8) is 0 Å². The molecule has 0 fully saturated rings. The lowest BCUT2D eigenvalue weighted by Gasteiger charge is -1.97. The maximum Gasteiger partial charge on any atom is 0.166 e. The molecule has 0 aromatic carbocycles. The zero-order valence-corrected chi connectivity index (χ0v) is 7.14. The minimum Gasteiger partial charge on any atom is -0.356 e. The van der Waals surface area contributed by atoms with Crippen LogP contribution in [0.5, 0.6) is 0 Å². The van der Waals surface area contributed by atoms with Crippen molar-refractivity contribution in [2.24, 2.45) is 0 Å². The lowest BCUT2D eigenvalue weighted by Crippen LogP contribution is -1.87. The molecule has 0 atom stereocenters. The van der Waals surface area contributed by atoms with Crippen molar-refractivity contribution >= 4 is 6.29 Å². The maximum absolute atomic E-state index is 10.4. The third-order valence-corrected chi connectivity index (χ3v) is 1.82. The van der Waals surface area contributed by atoms with Crippen molar-refractivity contribution in [3.05, 3.63) is 23.0 Å².